The molecule has 0 heterocycles. The van der Waals surface area contributed by atoms with Crippen LogP contribution in [0.5, 0.6) is 0 Å². The van der Waals surface area contributed by atoms with Crippen molar-refractivity contribution in [1.29, 1.82) is 0 Å². The topological polar surface area (TPSA) is 39.7 Å². The fraction of sp³-hybridized carbons (Fsp3) is 0.611. The van der Waals surface area contributed by atoms with Gasteiger partial charge in [0.15, 0.2) is 5.96 Å². The van der Waals surface area contributed by atoms with E-state index in [-0.39, 0.29) is 5.82 Å². The molecule has 0 spiro atoms. The van der Waals surface area contributed by atoms with Crippen LogP contribution in [0.2, 0.25) is 0 Å². The Morgan fingerprint density at radius 2 is 1.87 bits per heavy atom. The Morgan fingerprint density at radius 1 is 1.17 bits per heavy atom. The van der Waals surface area contributed by atoms with Crippen LogP contribution in [0.4, 0.5) is 4.39 Å². The minimum atomic E-state index is -0.214. The minimum absolute atomic E-state index is 0.214. The molecule has 1 aromatic carbocycles. The van der Waals surface area contributed by atoms with Gasteiger partial charge < -0.3 is 15.5 Å². The number of unbranched alkanes of at least 4 members (excludes halogenated alkanes) is 1. The summed E-state index contributed by atoms with van der Waals surface area (Å²) in [5.41, 5.74) is 1.00. The van der Waals surface area contributed by atoms with Crippen LogP contribution in [0.15, 0.2) is 29.3 Å². The molecule has 1 rings (SSSR count). The summed E-state index contributed by atoms with van der Waals surface area (Å²) < 4.78 is 12.9. The van der Waals surface area contributed by atoms with E-state index in [0.29, 0.717) is 12.6 Å². The van der Waals surface area contributed by atoms with E-state index in [1.54, 1.807) is 12.1 Å². The number of nitrogens with one attached hydrogen (secondary N) is 2. The first-order valence-corrected chi connectivity index (χ1v) is 8.49. The summed E-state index contributed by atoms with van der Waals surface area (Å²) in [6.07, 6.45) is 2.27. The van der Waals surface area contributed by atoms with Crippen LogP contribution < -0.4 is 10.6 Å². The van der Waals surface area contributed by atoms with Gasteiger partial charge in [0.1, 0.15) is 5.82 Å². The highest BCUT2D eigenvalue weighted by atomic mass is 19.1. The van der Waals surface area contributed by atoms with Crippen molar-refractivity contribution in [3.63, 3.8) is 0 Å². The van der Waals surface area contributed by atoms with Crippen LogP contribution in [0, 0.1) is 5.82 Å². The number of hydrogen-bond acceptors (Lipinski definition) is 2. The Balaban J connectivity index is 2.33. The van der Waals surface area contributed by atoms with E-state index in [1.807, 2.05) is 6.92 Å². The maximum absolute atomic E-state index is 12.9. The van der Waals surface area contributed by atoms with Crippen LogP contribution in [0.3, 0.4) is 0 Å². The Labute approximate surface area is 140 Å². The van der Waals surface area contributed by atoms with Gasteiger partial charge in [0.2, 0.25) is 0 Å². The number of guanidine groups is 1. The van der Waals surface area contributed by atoms with Gasteiger partial charge in [-0.2, -0.15) is 0 Å². The predicted octanol–water partition coefficient (Wildman–Crippen LogP) is 3.00. The maximum atomic E-state index is 12.9. The Bertz CT molecular complexity index is 457. The predicted molar refractivity (Wildman–Crippen MR) is 96.2 cm³/mol. The summed E-state index contributed by atoms with van der Waals surface area (Å²) in [5, 5.41) is 6.59. The van der Waals surface area contributed by atoms with Gasteiger partial charge in [-0.05, 0) is 64.9 Å². The molecular formula is C18H31FN4. The Hall–Kier alpha value is -1.62. The number of benzene rings is 1. The van der Waals surface area contributed by atoms with Crippen LogP contribution in [-0.4, -0.2) is 43.6 Å². The second-order valence-corrected chi connectivity index (χ2v) is 6.03. The van der Waals surface area contributed by atoms with Crippen LogP contribution >= 0.6 is 0 Å². The molecular weight excluding hydrogens is 291 g/mol. The largest absolute Gasteiger partial charge is 0.357 e. The van der Waals surface area contributed by atoms with Crippen molar-refractivity contribution >= 4 is 5.96 Å². The molecule has 2 N–H and O–H groups in total. The van der Waals surface area contributed by atoms with E-state index in [1.165, 1.54) is 18.6 Å². The Kier molecular flexibility index (Phi) is 9.29. The average Bonchev–Trinajstić information content (AvgIpc) is 2.53. The van der Waals surface area contributed by atoms with Crippen LogP contribution in [0.1, 0.15) is 39.2 Å². The molecule has 5 heteroatoms. The molecule has 4 nitrogen and oxygen atoms in total. The number of rotatable bonds is 9. The number of aliphatic imine (C=N–C) groups is 1. The minimum Gasteiger partial charge on any atom is -0.357 e. The lowest BCUT2D eigenvalue weighted by Crippen LogP contribution is -2.38. The molecule has 0 aromatic heterocycles. The summed E-state index contributed by atoms with van der Waals surface area (Å²) in [4.78, 5) is 6.89. The maximum Gasteiger partial charge on any atom is 0.191 e. The van der Waals surface area contributed by atoms with Crippen molar-refractivity contribution in [3.05, 3.63) is 35.6 Å². The molecule has 0 saturated heterocycles. The third-order valence-corrected chi connectivity index (χ3v) is 3.79. The van der Waals surface area contributed by atoms with E-state index in [2.05, 4.69) is 41.4 Å². The summed E-state index contributed by atoms with van der Waals surface area (Å²) in [7, 11) is 2.16. The van der Waals surface area contributed by atoms with Gasteiger partial charge in [-0.3, -0.25) is 0 Å². The lowest BCUT2D eigenvalue weighted by molar-refractivity contribution is 0.268. The fourth-order valence-corrected chi connectivity index (χ4v) is 2.05. The zero-order valence-electron chi connectivity index (χ0n) is 14.9. The molecule has 0 aliphatic rings. The summed E-state index contributed by atoms with van der Waals surface area (Å²) in [5.74, 6) is 0.600. The molecule has 0 saturated carbocycles. The smallest absolute Gasteiger partial charge is 0.191 e. The number of hydrogen-bond donors (Lipinski definition) is 2. The average molecular weight is 322 g/mol. The van der Waals surface area contributed by atoms with Gasteiger partial charge in [-0.1, -0.05) is 12.1 Å². The van der Waals surface area contributed by atoms with Crippen molar-refractivity contribution in [2.24, 2.45) is 4.99 Å². The highest BCUT2D eigenvalue weighted by Crippen LogP contribution is 2.04. The van der Waals surface area contributed by atoms with E-state index in [9.17, 15) is 4.39 Å². The van der Waals surface area contributed by atoms with Gasteiger partial charge >= 0.3 is 0 Å². The van der Waals surface area contributed by atoms with E-state index in [4.69, 9.17) is 0 Å². The van der Waals surface area contributed by atoms with Crippen molar-refractivity contribution in [1.82, 2.24) is 15.5 Å². The van der Waals surface area contributed by atoms with Gasteiger partial charge in [-0.25, -0.2) is 9.38 Å². The number of halogens is 1. The molecule has 0 aliphatic heterocycles. The van der Waals surface area contributed by atoms with Crippen molar-refractivity contribution in [2.75, 3.05) is 26.7 Å². The first kappa shape index (κ1) is 19.4. The number of nitrogens with zero attached hydrogens (tertiary/aromatic N) is 2. The first-order valence-electron chi connectivity index (χ1n) is 8.49. The standard InChI is InChI=1S/C18H31FN4/c1-5-20-18(21-12-6-7-13-23(4)15(2)3)22-14-16-8-10-17(19)11-9-16/h8-11,15H,5-7,12-14H2,1-4H3,(H2,20,21,22). The van der Waals surface area contributed by atoms with E-state index < -0.39 is 0 Å². The molecule has 0 atom stereocenters. The summed E-state index contributed by atoms with van der Waals surface area (Å²) in [6, 6.07) is 7.07. The van der Waals surface area contributed by atoms with Crippen molar-refractivity contribution < 1.29 is 4.39 Å². The zero-order valence-corrected chi connectivity index (χ0v) is 14.9. The van der Waals surface area contributed by atoms with E-state index in [0.717, 1.165) is 37.6 Å². The van der Waals surface area contributed by atoms with Crippen LogP contribution in [0.25, 0.3) is 0 Å². The van der Waals surface area contributed by atoms with Crippen LogP contribution in [-0.2, 0) is 6.54 Å². The molecule has 23 heavy (non-hydrogen) atoms. The lowest BCUT2D eigenvalue weighted by Gasteiger charge is -2.20. The van der Waals surface area contributed by atoms with E-state index >= 15 is 0 Å². The van der Waals surface area contributed by atoms with Gasteiger partial charge in [0, 0.05) is 19.1 Å². The fourth-order valence-electron chi connectivity index (χ4n) is 2.05. The molecule has 0 fully saturated rings. The third kappa shape index (κ3) is 8.55. The van der Waals surface area contributed by atoms with Gasteiger partial charge in [-0.15, -0.1) is 0 Å². The SMILES string of the molecule is CCNC(=NCc1ccc(F)cc1)NCCCCN(C)C(C)C. The molecule has 130 valence electrons. The molecule has 0 bridgehead atoms. The van der Waals surface area contributed by atoms with Gasteiger partial charge in [0.25, 0.3) is 0 Å². The zero-order chi connectivity index (χ0) is 17.1. The van der Waals surface area contributed by atoms with Crippen molar-refractivity contribution in [3.8, 4) is 0 Å². The molecule has 0 aliphatic carbocycles. The molecule has 0 amide bonds. The summed E-state index contributed by atoms with van der Waals surface area (Å²) in [6.45, 7) is 9.86. The second kappa shape index (κ2) is 11.0. The first-order chi connectivity index (χ1) is 11.0. The quantitative estimate of drug-likeness (QED) is 0.417. The second-order valence-electron chi connectivity index (χ2n) is 6.03. The molecule has 0 unspecified atom stereocenters. The van der Waals surface area contributed by atoms with Gasteiger partial charge in [0.05, 0.1) is 6.54 Å². The summed E-state index contributed by atoms with van der Waals surface area (Å²) >= 11 is 0. The Morgan fingerprint density at radius 3 is 2.48 bits per heavy atom. The lowest BCUT2D eigenvalue weighted by atomic mass is 10.2. The third-order valence-electron chi connectivity index (χ3n) is 3.79. The molecule has 1 aromatic rings. The monoisotopic (exact) mass is 322 g/mol. The normalized spacial score (nSPS) is 12.0. The highest BCUT2D eigenvalue weighted by Gasteiger charge is 2.02. The van der Waals surface area contributed by atoms with Crippen molar-refractivity contribution in [2.45, 2.75) is 46.2 Å². The molecule has 0 radical (unpaired) electrons. The highest BCUT2D eigenvalue weighted by molar-refractivity contribution is 5.79.